The van der Waals surface area contributed by atoms with Crippen LogP contribution in [-0.2, 0) is 4.79 Å². The first kappa shape index (κ1) is 28.8. The molecule has 1 unspecified atom stereocenters. The zero-order valence-corrected chi connectivity index (χ0v) is 23.2. The van der Waals surface area contributed by atoms with Gasteiger partial charge in [-0.15, -0.1) is 6.58 Å². The van der Waals surface area contributed by atoms with Crippen molar-refractivity contribution in [1.82, 2.24) is 19.6 Å². The summed E-state index contributed by atoms with van der Waals surface area (Å²) in [5.41, 5.74) is 2.71. The van der Waals surface area contributed by atoms with E-state index in [1.165, 1.54) is 0 Å². The Balaban J connectivity index is 1.53. The molecule has 2 heterocycles. The minimum absolute atomic E-state index is 0.0221. The first-order valence-corrected chi connectivity index (χ1v) is 14.0. The van der Waals surface area contributed by atoms with Crippen molar-refractivity contribution in [2.45, 2.75) is 44.8 Å². The van der Waals surface area contributed by atoms with E-state index in [0.29, 0.717) is 31.1 Å². The number of carbonyl (C=O) groups is 2. The van der Waals surface area contributed by atoms with Crippen LogP contribution < -0.4 is 0 Å². The lowest BCUT2D eigenvalue weighted by molar-refractivity contribution is -0.137. The number of hydrogen-bond donors (Lipinski definition) is 2. The molecule has 0 radical (unpaired) electrons. The van der Waals surface area contributed by atoms with Gasteiger partial charge in [0.05, 0.1) is 6.04 Å². The number of aromatic hydroxyl groups is 1. The smallest absolute Gasteiger partial charge is 0.303 e. The number of piperazine rings is 2. The topological polar surface area (TPSA) is 87.6 Å². The summed E-state index contributed by atoms with van der Waals surface area (Å²) in [5, 5.41) is 19.2. The van der Waals surface area contributed by atoms with Crippen molar-refractivity contribution >= 4 is 11.9 Å². The summed E-state index contributed by atoms with van der Waals surface area (Å²) in [6.45, 7) is 14.5. The molecule has 0 saturated carbocycles. The second-order valence-corrected chi connectivity index (χ2v) is 10.9. The van der Waals surface area contributed by atoms with Crippen LogP contribution in [-0.4, -0.2) is 106 Å². The molecule has 0 aromatic heterocycles. The Labute approximate surface area is 232 Å². The first-order valence-electron chi connectivity index (χ1n) is 14.0. The molecule has 210 valence electrons. The van der Waals surface area contributed by atoms with E-state index in [1.54, 1.807) is 6.07 Å². The molecule has 1 amide bonds. The Morgan fingerprint density at radius 3 is 2.36 bits per heavy atom. The van der Waals surface area contributed by atoms with E-state index < -0.39 is 5.97 Å². The predicted molar refractivity (Wildman–Crippen MR) is 153 cm³/mol. The highest BCUT2D eigenvalue weighted by Crippen LogP contribution is 2.35. The number of carbonyl (C=O) groups excluding carboxylic acids is 1. The number of nitrogens with zero attached hydrogens (tertiary/aromatic N) is 4. The maximum Gasteiger partial charge on any atom is 0.303 e. The van der Waals surface area contributed by atoms with Crippen LogP contribution in [0.1, 0.15) is 54.2 Å². The molecular formula is C31H42N4O4. The maximum atomic E-state index is 13.5. The van der Waals surface area contributed by atoms with E-state index in [4.69, 9.17) is 5.11 Å². The minimum Gasteiger partial charge on any atom is -0.508 e. The number of phenols is 1. The van der Waals surface area contributed by atoms with Crippen molar-refractivity contribution in [1.29, 1.82) is 0 Å². The number of hydrogen-bond acceptors (Lipinski definition) is 6. The number of carboxylic acid groups (broad SMARTS) is 1. The van der Waals surface area contributed by atoms with E-state index in [9.17, 15) is 14.7 Å². The van der Waals surface area contributed by atoms with Crippen LogP contribution in [0.5, 0.6) is 5.75 Å². The zero-order valence-electron chi connectivity index (χ0n) is 23.2. The quantitative estimate of drug-likeness (QED) is 0.450. The monoisotopic (exact) mass is 534 g/mol. The van der Waals surface area contributed by atoms with E-state index in [-0.39, 0.29) is 30.2 Å². The number of aliphatic carboxylic acids is 1. The summed E-state index contributed by atoms with van der Waals surface area (Å²) >= 11 is 0. The van der Waals surface area contributed by atoms with Gasteiger partial charge in [0.1, 0.15) is 5.75 Å². The Kier molecular flexibility index (Phi) is 9.78. The molecule has 0 aliphatic carbocycles. The number of phenolic OH excluding ortho intramolecular Hbond substituents is 1. The van der Waals surface area contributed by atoms with Crippen molar-refractivity contribution in [3.05, 3.63) is 77.9 Å². The van der Waals surface area contributed by atoms with Crippen LogP contribution in [0.15, 0.2) is 61.2 Å². The predicted octanol–water partition coefficient (Wildman–Crippen LogP) is 3.68. The lowest BCUT2D eigenvalue weighted by Gasteiger charge is -2.47. The highest BCUT2D eigenvalue weighted by atomic mass is 16.4. The fraction of sp³-hybridized carbons (Fsp3) is 0.484. The minimum atomic E-state index is -0.768. The van der Waals surface area contributed by atoms with Gasteiger partial charge in [-0.25, -0.2) is 0 Å². The van der Waals surface area contributed by atoms with Gasteiger partial charge in [-0.3, -0.25) is 24.3 Å². The van der Waals surface area contributed by atoms with Crippen molar-refractivity contribution in [2.75, 3.05) is 52.4 Å². The van der Waals surface area contributed by atoms with E-state index in [2.05, 4.69) is 47.3 Å². The Bertz CT molecular complexity index is 1150. The summed E-state index contributed by atoms with van der Waals surface area (Å²) in [6, 6.07) is 15.9. The van der Waals surface area contributed by atoms with E-state index in [1.807, 2.05) is 41.3 Å². The molecule has 2 aromatic carbocycles. The van der Waals surface area contributed by atoms with E-state index in [0.717, 1.165) is 50.4 Å². The largest absolute Gasteiger partial charge is 0.508 e. The zero-order chi connectivity index (χ0) is 27.9. The summed E-state index contributed by atoms with van der Waals surface area (Å²) < 4.78 is 0. The molecule has 2 N–H and O–H groups in total. The molecule has 2 saturated heterocycles. The number of benzene rings is 2. The molecule has 2 aliphatic heterocycles. The maximum absolute atomic E-state index is 13.5. The third kappa shape index (κ3) is 7.26. The fourth-order valence-corrected chi connectivity index (χ4v) is 5.93. The van der Waals surface area contributed by atoms with E-state index >= 15 is 0 Å². The van der Waals surface area contributed by atoms with Crippen molar-refractivity contribution in [3.8, 4) is 5.75 Å². The Morgan fingerprint density at radius 1 is 1.00 bits per heavy atom. The second kappa shape index (κ2) is 13.2. The molecule has 0 spiro atoms. The SMILES string of the molecule is C=CCN1C[C@H](C)N(C(c2cccc(O)c2)c2cccc(C(=O)N3CCN(CCCC(=O)O)CC3)c2)C[C@H]1C. The molecule has 2 fully saturated rings. The summed E-state index contributed by atoms with van der Waals surface area (Å²) in [6.07, 6.45) is 2.75. The molecule has 3 atom stereocenters. The molecule has 8 heteroatoms. The Hall–Kier alpha value is -3.20. The van der Waals surface area contributed by atoms with Gasteiger partial charge in [0.15, 0.2) is 0 Å². The molecule has 2 aliphatic rings. The van der Waals surface area contributed by atoms with Crippen LogP contribution in [0.4, 0.5) is 0 Å². The number of amides is 1. The van der Waals surface area contributed by atoms with Gasteiger partial charge in [0.25, 0.3) is 5.91 Å². The molecule has 4 rings (SSSR count). The number of carboxylic acids is 1. The molecule has 39 heavy (non-hydrogen) atoms. The van der Waals surface area contributed by atoms with Gasteiger partial charge in [0.2, 0.25) is 0 Å². The standard InChI is InChI=1S/C31H42N4O4/c1-4-13-34-21-24(3)35(22-23(34)2)30(26-9-6-11-28(36)20-26)25-8-5-10-27(19-25)31(39)33-17-15-32(16-18-33)14-7-12-29(37)38/h4-6,8-11,19-20,23-24,30,36H,1,7,12-18,21-22H2,2-3H3,(H,37,38)/t23-,24+,30?/m1/s1. The van der Waals surface area contributed by atoms with Crippen molar-refractivity contribution in [2.24, 2.45) is 0 Å². The average Bonchev–Trinajstić information content (AvgIpc) is 2.92. The van der Waals surface area contributed by atoms with Gasteiger partial charge >= 0.3 is 5.97 Å². The molecule has 8 nitrogen and oxygen atoms in total. The van der Waals surface area contributed by atoms with Crippen LogP contribution >= 0.6 is 0 Å². The van der Waals surface area contributed by atoms with Gasteiger partial charge in [-0.1, -0.05) is 30.3 Å². The van der Waals surface area contributed by atoms with Crippen LogP contribution in [0.25, 0.3) is 0 Å². The molecular weight excluding hydrogens is 492 g/mol. The highest BCUT2D eigenvalue weighted by molar-refractivity contribution is 5.94. The van der Waals surface area contributed by atoms with Crippen molar-refractivity contribution < 1.29 is 19.8 Å². The van der Waals surface area contributed by atoms with Crippen LogP contribution in [0.2, 0.25) is 0 Å². The lowest BCUT2D eigenvalue weighted by atomic mass is 9.92. The van der Waals surface area contributed by atoms with Gasteiger partial charge < -0.3 is 15.1 Å². The third-order valence-electron chi connectivity index (χ3n) is 8.02. The normalized spacial score (nSPS) is 21.9. The fourth-order valence-electron chi connectivity index (χ4n) is 5.93. The molecule has 2 aromatic rings. The van der Waals surface area contributed by atoms with Gasteiger partial charge in [0, 0.05) is 69.9 Å². The second-order valence-electron chi connectivity index (χ2n) is 10.9. The van der Waals surface area contributed by atoms with Crippen LogP contribution in [0, 0.1) is 0 Å². The third-order valence-corrected chi connectivity index (χ3v) is 8.02. The first-order chi connectivity index (χ1) is 18.8. The van der Waals surface area contributed by atoms with Gasteiger partial charge in [-0.2, -0.15) is 0 Å². The van der Waals surface area contributed by atoms with Crippen molar-refractivity contribution in [3.63, 3.8) is 0 Å². The summed E-state index contributed by atoms with van der Waals surface area (Å²) in [7, 11) is 0. The highest BCUT2D eigenvalue weighted by Gasteiger charge is 2.35. The lowest BCUT2D eigenvalue weighted by Crippen LogP contribution is -2.57. The van der Waals surface area contributed by atoms with Gasteiger partial charge in [-0.05, 0) is 62.2 Å². The molecule has 0 bridgehead atoms. The average molecular weight is 535 g/mol. The number of rotatable bonds is 10. The Morgan fingerprint density at radius 2 is 1.69 bits per heavy atom. The summed E-state index contributed by atoms with van der Waals surface area (Å²) in [4.78, 5) is 33.4. The summed E-state index contributed by atoms with van der Waals surface area (Å²) in [5.74, 6) is -0.513. The van der Waals surface area contributed by atoms with Crippen LogP contribution in [0.3, 0.4) is 0 Å².